The van der Waals surface area contributed by atoms with Crippen LogP contribution in [0.2, 0.25) is 0 Å². The van der Waals surface area contributed by atoms with E-state index in [1.165, 1.54) is 5.56 Å². The molecule has 0 spiro atoms. The molecule has 2 N–H and O–H groups in total. The van der Waals surface area contributed by atoms with Crippen LogP contribution in [0.4, 0.5) is 0 Å². The predicted molar refractivity (Wildman–Crippen MR) is 135 cm³/mol. The normalized spacial score (nSPS) is 11.6. The molecule has 4 nitrogen and oxygen atoms in total. The molecule has 0 atom stereocenters. The van der Waals surface area contributed by atoms with E-state index in [2.05, 4.69) is 50.8 Å². The van der Waals surface area contributed by atoms with E-state index in [4.69, 9.17) is 0 Å². The number of benzene rings is 1. The second kappa shape index (κ2) is 8.74. The second-order valence-corrected chi connectivity index (χ2v) is 7.52. The van der Waals surface area contributed by atoms with Crippen molar-refractivity contribution in [2.75, 3.05) is 0 Å². The van der Waals surface area contributed by atoms with Gasteiger partial charge in [-0.25, -0.2) is 9.97 Å². The van der Waals surface area contributed by atoms with E-state index < -0.39 is 0 Å². The maximum atomic E-state index is 4.63. The van der Waals surface area contributed by atoms with Crippen molar-refractivity contribution in [3.8, 4) is 0 Å². The molecule has 0 amide bonds. The molecule has 0 aliphatic carbocycles. The van der Waals surface area contributed by atoms with Gasteiger partial charge in [-0.3, -0.25) is 0 Å². The quantitative estimate of drug-likeness (QED) is 0.305. The highest BCUT2D eigenvalue weighted by Gasteiger charge is 2.01. The molecule has 4 aromatic rings. The van der Waals surface area contributed by atoms with Crippen LogP contribution in [0, 0.1) is 0 Å². The van der Waals surface area contributed by atoms with Crippen LogP contribution in [0.15, 0.2) is 85.4 Å². The molecular weight excluding hydrogens is 392 g/mol. The summed E-state index contributed by atoms with van der Waals surface area (Å²) in [6.45, 7) is 3.63. The number of hydrogen-bond acceptors (Lipinski definition) is 2. The van der Waals surface area contributed by atoms with Gasteiger partial charge in [0.05, 0.1) is 22.8 Å². The Morgan fingerprint density at radius 2 is 0.906 bits per heavy atom. The number of hydrogen-bond donors (Lipinski definition) is 2. The summed E-state index contributed by atoms with van der Waals surface area (Å²) in [5.74, 6) is 0. The molecule has 2 aliphatic rings. The van der Waals surface area contributed by atoms with Crippen LogP contribution in [0.25, 0.3) is 52.4 Å². The first-order chi connectivity index (χ1) is 15.7. The zero-order chi connectivity index (χ0) is 21.8. The van der Waals surface area contributed by atoms with Crippen molar-refractivity contribution >= 4 is 52.4 Å². The Morgan fingerprint density at radius 3 is 1.22 bits per heavy atom. The van der Waals surface area contributed by atoms with Gasteiger partial charge >= 0.3 is 0 Å². The SMILES string of the molecule is C1=Cc2cc3ccc(cc4nc(cc5ccc(cc1n2)[nH]5)C=C4)[nH]3.C=Cc1ccccc1. The average Bonchev–Trinajstić information content (AvgIpc) is 3.61. The molecule has 6 rings (SSSR count). The summed E-state index contributed by atoms with van der Waals surface area (Å²) >= 11 is 0. The number of aromatic nitrogens is 4. The van der Waals surface area contributed by atoms with E-state index in [-0.39, 0.29) is 0 Å². The van der Waals surface area contributed by atoms with Gasteiger partial charge in [-0.15, -0.1) is 0 Å². The number of fused-ring (bicyclic) bond motifs is 8. The first-order valence-electron chi connectivity index (χ1n) is 10.5. The van der Waals surface area contributed by atoms with Crippen molar-refractivity contribution in [2.45, 2.75) is 0 Å². The van der Waals surface area contributed by atoms with E-state index in [1.54, 1.807) is 0 Å². The number of nitrogens with zero attached hydrogens (tertiary/aromatic N) is 2. The third kappa shape index (κ3) is 4.65. The van der Waals surface area contributed by atoms with Crippen molar-refractivity contribution in [2.24, 2.45) is 0 Å². The van der Waals surface area contributed by atoms with Gasteiger partial charge in [0.15, 0.2) is 0 Å². The number of rotatable bonds is 1. The van der Waals surface area contributed by atoms with Crippen LogP contribution < -0.4 is 0 Å². The van der Waals surface area contributed by atoms with E-state index in [0.717, 1.165) is 44.8 Å². The standard InChI is InChI=1S/C20H14N4.C8H8/c1-2-14-10-16-5-6-18(23-16)12-20-8-7-19(24-20)11-17-4-3-15(22-17)9-13(1)21-14;1-2-8-6-4-3-5-7-8/h1-12,21,24H;2-7H,1H2. The maximum absolute atomic E-state index is 4.63. The van der Waals surface area contributed by atoms with Gasteiger partial charge in [-0.2, -0.15) is 0 Å². The third-order valence-corrected chi connectivity index (χ3v) is 5.08. The summed E-state index contributed by atoms with van der Waals surface area (Å²) in [7, 11) is 0. The van der Waals surface area contributed by atoms with Crippen LogP contribution in [0.3, 0.4) is 0 Å². The highest BCUT2D eigenvalue weighted by atomic mass is 14.8. The number of aromatic amines is 2. The Bertz CT molecular complexity index is 1310. The average molecular weight is 415 g/mol. The number of H-pyrrole nitrogens is 2. The van der Waals surface area contributed by atoms with E-state index in [0.29, 0.717) is 0 Å². The molecular formula is C28H22N4. The lowest BCUT2D eigenvalue weighted by molar-refractivity contribution is 1.31. The van der Waals surface area contributed by atoms with Crippen LogP contribution in [0.5, 0.6) is 0 Å². The Labute approximate surface area is 186 Å². The van der Waals surface area contributed by atoms with Crippen molar-refractivity contribution in [3.63, 3.8) is 0 Å². The van der Waals surface area contributed by atoms with Crippen LogP contribution in [-0.4, -0.2) is 19.9 Å². The fourth-order valence-corrected chi connectivity index (χ4v) is 3.53. The molecule has 0 radical (unpaired) electrons. The van der Waals surface area contributed by atoms with Gasteiger partial charge in [0.2, 0.25) is 0 Å². The summed E-state index contributed by atoms with van der Waals surface area (Å²) in [6, 6.07) is 26.4. The Morgan fingerprint density at radius 1 is 0.531 bits per heavy atom. The van der Waals surface area contributed by atoms with Crippen LogP contribution in [-0.2, 0) is 0 Å². The van der Waals surface area contributed by atoms with E-state index in [1.807, 2.05) is 85.0 Å². The molecule has 2 aliphatic heterocycles. The zero-order valence-corrected chi connectivity index (χ0v) is 17.5. The van der Waals surface area contributed by atoms with Gasteiger partial charge in [0, 0.05) is 22.1 Å². The van der Waals surface area contributed by atoms with E-state index in [9.17, 15) is 0 Å². The predicted octanol–water partition coefficient (Wildman–Crippen LogP) is 6.99. The molecule has 5 heterocycles. The molecule has 0 unspecified atom stereocenters. The molecule has 154 valence electrons. The Kier molecular flexibility index (Phi) is 5.33. The third-order valence-electron chi connectivity index (χ3n) is 5.08. The lowest BCUT2D eigenvalue weighted by Crippen LogP contribution is -1.75. The summed E-state index contributed by atoms with van der Waals surface area (Å²) in [6.07, 6.45) is 9.92. The fourth-order valence-electron chi connectivity index (χ4n) is 3.53. The van der Waals surface area contributed by atoms with Gasteiger partial charge in [-0.05, 0) is 78.4 Å². The summed E-state index contributed by atoms with van der Waals surface area (Å²) < 4.78 is 0. The molecule has 4 heteroatoms. The lowest BCUT2D eigenvalue weighted by Gasteiger charge is -1.85. The molecule has 0 saturated heterocycles. The van der Waals surface area contributed by atoms with Gasteiger partial charge in [-0.1, -0.05) is 43.0 Å². The van der Waals surface area contributed by atoms with Gasteiger partial charge in [0.1, 0.15) is 0 Å². The highest BCUT2D eigenvalue weighted by Crippen LogP contribution is 2.16. The molecule has 8 bridgehead atoms. The Hall–Kier alpha value is -4.44. The molecule has 0 fully saturated rings. The van der Waals surface area contributed by atoms with Crippen LogP contribution >= 0.6 is 0 Å². The smallest absolute Gasteiger partial charge is 0.0658 e. The summed E-state index contributed by atoms with van der Waals surface area (Å²) in [5, 5.41) is 0. The first kappa shape index (κ1) is 19.5. The minimum Gasteiger partial charge on any atom is -0.355 e. The fraction of sp³-hybridized carbons (Fsp3) is 0. The van der Waals surface area contributed by atoms with E-state index >= 15 is 0 Å². The highest BCUT2D eigenvalue weighted by molar-refractivity contribution is 5.77. The minimum absolute atomic E-state index is 0.939. The summed E-state index contributed by atoms with van der Waals surface area (Å²) in [5.41, 5.74) is 9.03. The minimum atomic E-state index is 0.939. The first-order valence-corrected chi connectivity index (χ1v) is 10.5. The zero-order valence-electron chi connectivity index (χ0n) is 17.5. The lowest BCUT2D eigenvalue weighted by atomic mass is 10.2. The van der Waals surface area contributed by atoms with Crippen molar-refractivity contribution in [1.82, 2.24) is 19.9 Å². The summed E-state index contributed by atoms with van der Waals surface area (Å²) in [4.78, 5) is 16.0. The van der Waals surface area contributed by atoms with Crippen molar-refractivity contribution in [1.29, 1.82) is 0 Å². The van der Waals surface area contributed by atoms with Crippen LogP contribution in [0.1, 0.15) is 28.3 Å². The van der Waals surface area contributed by atoms with Gasteiger partial charge in [0.25, 0.3) is 0 Å². The topological polar surface area (TPSA) is 57.4 Å². The molecule has 32 heavy (non-hydrogen) atoms. The molecule has 0 saturated carbocycles. The van der Waals surface area contributed by atoms with Crippen molar-refractivity contribution in [3.05, 3.63) is 114 Å². The Balaban J connectivity index is 0.000000230. The second-order valence-electron chi connectivity index (χ2n) is 7.52. The molecule has 1 aromatic carbocycles. The monoisotopic (exact) mass is 414 g/mol. The maximum Gasteiger partial charge on any atom is 0.0658 e. The van der Waals surface area contributed by atoms with Crippen molar-refractivity contribution < 1.29 is 0 Å². The number of nitrogens with one attached hydrogen (secondary N) is 2. The largest absolute Gasteiger partial charge is 0.355 e. The van der Waals surface area contributed by atoms with Gasteiger partial charge < -0.3 is 9.97 Å². The molecule has 3 aromatic heterocycles.